The number of halogens is 3. The zero-order chi connectivity index (χ0) is 12.8. The fourth-order valence-electron chi connectivity index (χ4n) is 2.04. The maximum absolute atomic E-state index is 12.5. The normalized spacial score (nSPS) is 24.5. The Labute approximate surface area is 93.7 Å². The van der Waals surface area contributed by atoms with Gasteiger partial charge in [-0.05, 0) is 6.42 Å². The Hall–Kier alpha value is -1.50. The molecule has 0 spiro atoms. The molecule has 94 valence electrons. The van der Waals surface area contributed by atoms with Gasteiger partial charge in [0.05, 0.1) is 12.0 Å². The summed E-state index contributed by atoms with van der Waals surface area (Å²) in [6.45, 7) is 0. The van der Waals surface area contributed by atoms with Crippen LogP contribution in [0.5, 0.6) is 0 Å². The quantitative estimate of drug-likeness (QED) is 0.801. The molecule has 1 aromatic heterocycles. The Morgan fingerprint density at radius 2 is 2.12 bits per heavy atom. The van der Waals surface area contributed by atoms with Gasteiger partial charge in [0.25, 0.3) is 0 Å². The number of aliphatic hydroxyl groups excluding tert-OH is 1. The standard InChI is InChI=1S/C10H9F3O4/c11-10(12,13)4-1-6(14)8-5(9(15)16)3-17-7(8)2-4/h3-4,6,14H,1-2H2,(H,15,16)/t4-,6+/m0/s1. The number of carboxylic acid groups (broad SMARTS) is 1. The van der Waals surface area contributed by atoms with E-state index in [1.54, 1.807) is 0 Å². The van der Waals surface area contributed by atoms with Crippen molar-refractivity contribution in [1.29, 1.82) is 0 Å². The average Bonchev–Trinajstić information content (AvgIpc) is 2.60. The summed E-state index contributed by atoms with van der Waals surface area (Å²) in [5.41, 5.74) is -0.300. The van der Waals surface area contributed by atoms with E-state index < -0.39 is 37.0 Å². The minimum atomic E-state index is -4.42. The van der Waals surface area contributed by atoms with Crippen molar-refractivity contribution in [1.82, 2.24) is 0 Å². The van der Waals surface area contributed by atoms with Gasteiger partial charge in [0, 0.05) is 12.0 Å². The molecule has 2 rings (SSSR count). The molecule has 0 radical (unpaired) electrons. The van der Waals surface area contributed by atoms with Gasteiger partial charge in [0.2, 0.25) is 0 Å². The van der Waals surface area contributed by atoms with Gasteiger partial charge in [0.15, 0.2) is 0 Å². The molecule has 0 aromatic carbocycles. The Morgan fingerprint density at radius 1 is 1.47 bits per heavy atom. The largest absolute Gasteiger partial charge is 0.478 e. The van der Waals surface area contributed by atoms with E-state index in [1.807, 2.05) is 0 Å². The van der Waals surface area contributed by atoms with Gasteiger partial charge in [0.1, 0.15) is 17.6 Å². The highest BCUT2D eigenvalue weighted by molar-refractivity contribution is 5.89. The third kappa shape index (κ3) is 2.02. The number of fused-ring (bicyclic) bond motifs is 1. The topological polar surface area (TPSA) is 70.7 Å². The van der Waals surface area contributed by atoms with E-state index in [1.165, 1.54) is 0 Å². The predicted octanol–water partition coefficient (Wildman–Crippen LogP) is 2.14. The second-order valence-electron chi connectivity index (χ2n) is 3.99. The van der Waals surface area contributed by atoms with Crippen LogP contribution in [0.25, 0.3) is 0 Å². The van der Waals surface area contributed by atoms with E-state index in [4.69, 9.17) is 9.52 Å². The number of hydrogen-bond donors (Lipinski definition) is 2. The van der Waals surface area contributed by atoms with Crippen molar-refractivity contribution in [2.75, 3.05) is 0 Å². The molecule has 0 saturated heterocycles. The lowest BCUT2D eigenvalue weighted by molar-refractivity contribution is -0.185. The molecule has 2 atom stereocenters. The van der Waals surface area contributed by atoms with Crippen LogP contribution in [0.1, 0.15) is 34.2 Å². The third-order valence-corrected chi connectivity index (χ3v) is 2.88. The first-order valence-electron chi connectivity index (χ1n) is 4.89. The van der Waals surface area contributed by atoms with Crippen LogP contribution in [0, 0.1) is 5.92 Å². The van der Waals surface area contributed by atoms with Crippen molar-refractivity contribution in [2.24, 2.45) is 5.92 Å². The molecule has 17 heavy (non-hydrogen) atoms. The number of carbonyl (C=O) groups is 1. The SMILES string of the molecule is O=C(O)c1coc2c1[C@H](O)C[C@H](C(F)(F)F)C2. The lowest BCUT2D eigenvalue weighted by Crippen LogP contribution is -2.30. The summed E-state index contributed by atoms with van der Waals surface area (Å²) in [5, 5.41) is 18.4. The molecule has 0 saturated carbocycles. The monoisotopic (exact) mass is 250 g/mol. The van der Waals surface area contributed by atoms with Gasteiger partial charge >= 0.3 is 12.1 Å². The minimum Gasteiger partial charge on any atom is -0.478 e. The smallest absolute Gasteiger partial charge is 0.392 e. The van der Waals surface area contributed by atoms with E-state index in [0.29, 0.717) is 0 Å². The predicted molar refractivity (Wildman–Crippen MR) is 48.5 cm³/mol. The molecule has 1 aliphatic rings. The van der Waals surface area contributed by atoms with Crippen LogP contribution in [0.15, 0.2) is 10.7 Å². The average molecular weight is 250 g/mol. The number of alkyl halides is 3. The van der Waals surface area contributed by atoms with E-state index >= 15 is 0 Å². The second kappa shape index (κ2) is 3.76. The van der Waals surface area contributed by atoms with Crippen LogP contribution in [-0.2, 0) is 6.42 Å². The lowest BCUT2D eigenvalue weighted by atomic mass is 9.84. The summed E-state index contributed by atoms with van der Waals surface area (Å²) < 4.78 is 42.3. The number of hydrogen-bond acceptors (Lipinski definition) is 3. The highest BCUT2D eigenvalue weighted by atomic mass is 19.4. The Bertz CT molecular complexity index is 449. The molecule has 1 aliphatic carbocycles. The van der Waals surface area contributed by atoms with Crippen LogP contribution < -0.4 is 0 Å². The Balaban J connectivity index is 2.37. The first-order chi connectivity index (χ1) is 7.80. The number of aliphatic hydroxyl groups is 1. The molecule has 7 heteroatoms. The van der Waals surface area contributed by atoms with E-state index in [-0.39, 0.29) is 16.9 Å². The van der Waals surface area contributed by atoms with Gasteiger partial charge in [-0.15, -0.1) is 0 Å². The van der Waals surface area contributed by atoms with Crippen molar-refractivity contribution in [3.63, 3.8) is 0 Å². The van der Waals surface area contributed by atoms with Crippen LogP contribution in [0.4, 0.5) is 13.2 Å². The summed E-state index contributed by atoms with van der Waals surface area (Å²) in [4.78, 5) is 10.8. The zero-order valence-electron chi connectivity index (χ0n) is 8.49. The maximum Gasteiger partial charge on any atom is 0.392 e. The van der Waals surface area contributed by atoms with Gasteiger partial charge in [-0.2, -0.15) is 13.2 Å². The molecular weight excluding hydrogens is 241 g/mol. The summed E-state index contributed by atoms with van der Waals surface area (Å²) >= 11 is 0. The molecule has 0 aliphatic heterocycles. The van der Waals surface area contributed by atoms with E-state index in [9.17, 15) is 23.1 Å². The van der Waals surface area contributed by atoms with Crippen LogP contribution in [-0.4, -0.2) is 22.4 Å². The molecule has 0 bridgehead atoms. The Kier molecular flexibility index (Phi) is 2.65. The fraction of sp³-hybridized carbons (Fsp3) is 0.500. The van der Waals surface area contributed by atoms with Crippen molar-refractivity contribution in [3.05, 3.63) is 23.2 Å². The first-order valence-corrected chi connectivity index (χ1v) is 4.89. The van der Waals surface area contributed by atoms with E-state index in [0.717, 1.165) is 6.26 Å². The fourth-order valence-corrected chi connectivity index (χ4v) is 2.04. The zero-order valence-corrected chi connectivity index (χ0v) is 8.49. The highest BCUT2D eigenvalue weighted by Gasteiger charge is 2.46. The highest BCUT2D eigenvalue weighted by Crippen LogP contribution is 2.43. The number of aromatic carboxylic acids is 1. The molecule has 0 amide bonds. The summed E-state index contributed by atoms with van der Waals surface area (Å²) in [6.07, 6.45) is -5.96. The Morgan fingerprint density at radius 3 is 2.65 bits per heavy atom. The van der Waals surface area contributed by atoms with Gasteiger partial charge < -0.3 is 14.6 Å². The lowest BCUT2D eigenvalue weighted by Gasteiger charge is -2.27. The van der Waals surface area contributed by atoms with Crippen LogP contribution in [0.2, 0.25) is 0 Å². The van der Waals surface area contributed by atoms with E-state index in [2.05, 4.69) is 0 Å². The van der Waals surface area contributed by atoms with Gasteiger partial charge in [-0.1, -0.05) is 0 Å². The summed E-state index contributed by atoms with van der Waals surface area (Å²) in [7, 11) is 0. The molecular formula is C10H9F3O4. The molecule has 0 fully saturated rings. The van der Waals surface area contributed by atoms with Crippen molar-refractivity contribution < 1.29 is 32.6 Å². The van der Waals surface area contributed by atoms with Crippen LogP contribution >= 0.6 is 0 Å². The molecule has 1 aromatic rings. The van der Waals surface area contributed by atoms with Crippen molar-refractivity contribution in [3.8, 4) is 0 Å². The summed E-state index contributed by atoms with van der Waals surface area (Å²) in [6, 6.07) is 0. The first kappa shape index (κ1) is 12.0. The number of furan rings is 1. The molecule has 0 unspecified atom stereocenters. The van der Waals surface area contributed by atoms with Gasteiger partial charge in [-0.25, -0.2) is 4.79 Å². The third-order valence-electron chi connectivity index (χ3n) is 2.88. The van der Waals surface area contributed by atoms with Crippen LogP contribution in [0.3, 0.4) is 0 Å². The van der Waals surface area contributed by atoms with Gasteiger partial charge in [-0.3, -0.25) is 0 Å². The maximum atomic E-state index is 12.5. The molecule has 2 N–H and O–H groups in total. The molecule has 4 nitrogen and oxygen atoms in total. The number of carboxylic acids is 1. The van der Waals surface area contributed by atoms with Crippen molar-refractivity contribution in [2.45, 2.75) is 25.1 Å². The van der Waals surface area contributed by atoms with Crippen molar-refractivity contribution >= 4 is 5.97 Å². The minimum absolute atomic E-state index is 0.0296. The number of rotatable bonds is 1. The summed E-state index contributed by atoms with van der Waals surface area (Å²) in [5.74, 6) is -3.11. The second-order valence-corrected chi connectivity index (χ2v) is 3.99. The molecule has 1 heterocycles.